The zero-order valence-electron chi connectivity index (χ0n) is 8.93. The number of hydrogen-bond donors (Lipinski definition) is 1. The summed E-state index contributed by atoms with van der Waals surface area (Å²) in [6.07, 6.45) is 3.34. The molecule has 1 N–H and O–H groups in total. The molecule has 1 heterocycles. The summed E-state index contributed by atoms with van der Waals surface area (Å²) in [7, 11) is 0. The average Bonchev–Trinajstić information content (AvgIpc) is 2.25. The molecule has 0 aliphatic carbocycles. The summed E-state index contributed by atoms with van der Waals surface area (Å²) in [4.78, 5) is 19.4. The van der Waals surface area contributed by atoms with Gasteiger partial charge >= 0.3 is 0 Å². The molecule has 82 valence electrons. The second kappa shape index (κ2) is 6.40. The number of amides is 1. The molecule has 0 spiro atoms. The molecule has 0 bridgehead atoms. The van der Waals surface area contributed by atoms with E-state index in [9.17, 15) is 4.79 Å². The van der Waals surface area contributed by atoms with Crippen molar-refractivity contribution in [1.82, 2.24) is 15.3 Å². The standard InChI is InChI=1S/C10H15N3OS/c1-8(2)6-13-9(14)7-15-10-11-4-3-5-12-10/h3-5,8H,6-7H2,1-2H3,(H,13,14). The van der Waals surface area contributed by atoms with Gasteiger partial charge in [-0.05, 0) is 12.0 Å². The van der Waals surface area contributed by atoms with Crippen LogP contribution in [0.15, 0.2) is 23.6 Å². The van der Waals surface area contributed by atoms with Crippen LogP contribution in [0.3, 0.4) is 0 Å². The third-order valence-electron chi connectivity index (χ3n) is 1.58. The first kappa shape index (κ1) is 12.0. The lowest BCUT2D eigenvalue weighted by Crippen LogP contribution is -2.28. The van der Waals surface area contributed by atoms with Crippen LogP contribution in [0.1, 0.15) is 13.8 Å². The lowest BCUT2D eigenvalue weighted by Gasteiger charge is -2.06. The molecule has 0 aliphatic rings. The number of aromatic nitrogens is 2. The van der Waals surface area contributed by atoms with Crippen LogP contribution in [0.2, 0.25) is 0 Å². The van der Waals surface area contributed by atoms with Crippen LogP contribution in [0.5, 0.6) is 0 Å². The van der Waals surface area contributed by atoms with Gasteiger partial charge < -0.3 is 5.32 Å². The van der Waals surface area contributed by atoms with E-state index in [0.29, 0.717) is 16.8 Å². The van der Waals surface area contributed by atoms with Gasteiger partial charge in [0, 0.05) is 18.9 Å². The Morgan fingerprint density at radius 3 is 2.73 bits per heavy atom. The normalized spacial score (nSPS) is 10.3. The molecular formula is C10H15N3OS. The number of hydrogen-bond acceptors (Lipinski definition) is 4. The topological polar surface area (TPSA) is 54.9 Å². The molecule has 0 unspecified atom stereocenters. The van der Waals surface area contributed by atoms with E-state index in [1.807, 2.05) is 0 Å². The molecule has 0 aliphatic heterocycles. The molecular weight excluding hydrogens is 210 g/mol. The van der Waals surface area contributed by atoms with Crippen molar-refractivity contribution in [3.63, 3.8) is 0 Å². The van der Waals surface area contributed by atoms with Gasteiger partial charge in [-0.3, -0.25) is 4.79 Å². The van der Waals surface area contributed by atoms with Crippen LogP contribution in [0.25, 0.3) is 0 Å². The highest BCUT2D eigenvalue weighted by atomic mass is 32.2. The van der Waals surface area contributed by atoms with Crippen molar-refractivity contribution in [2.24, 2.45) is 5.92 Å². The van der Waals surface area contributed by atoms with Gasteiger partial charge in [-0.1, -0.05) is 25.6 Å². The third kappa shape index (κ3) is 5.37. The van der Waals surface area contributed by atoms with E-state index in [1.54, 1.807) is 18.5 Å². The largest absolute Gasteiger partial charge is 0.355 e. The van der Waals surface area contributed by atoms with Crippen molar-refractivity contribution >= 4 is 17.7 Å². The van der Waals surface area contributed by atoms with Crippen LogP contribution >= 0.6 is 11.8 Å². The van der Waals surface area contributed by atoms with Gasteiger partial charge in [-0.15, -0.1) is 0 Å². The molecule has 0 fully saturated rings. The maximum atomic E-state index is 11.3. The fraction of sp³-hybridized carbons (Fsp3) is 0.500. The van der Waals surface area contributed by atoms with E-state index >= 15 is 0 Å². The smallest absolute Gasteiger partial charge is 0.230 e. The molecule has 1 amide bonds. The third-order valence-corrected chi connectivity index (χ3v) is 2.46. The Balaban J connectivity index is 2.23. The summed E-state index contributed by atoms with van der Waals surface area (Å²) in [5, 5.41) is 3.47. The van der Waals surface area contributed by atoms with E-state index in [-0.39, 0.29) is 5.91 Å². The zero-order chi connectivity index (χ0) is 11.1. The number of carbonyl (C=O) groups excluding carboxylic acids is 1. The Morgan fingerprint density at radius 2 is 2.13 bits per heavy atom. The molecule has 5 heteroatoms. The minimum atomic E-state index is 0.0288. The number of nitrogens with zero attached hydrogens (tertiary/aromatic N) is 2. The predicted molar refractivity (Wildman–Crippen MR) is 60.6 cm³/mol. The monoisotopic (exact) mass is 225 g/mol. The van der Waals surface area contributed by atoms with Gasteiger partial charge in [0.15, 0.2) is 5.16 Å². The quantitative estimate of drug-likeness (QED) is 0.607. The Bertz CT molecular complexity index is 303. The van der Waals surface area contributed by atoms with Crippen LogP contribution in [0.4, 0.5) is 0 Å². The van der Waals surface area contributed by atoms with Gasteiger partial charge in [0.1, 0.15) is 0 Å². The first-order valence-corrected chi connectivity index (χ1v) is 5.83. The Hall–Kier alpha value is -1.10. The first-order chi connectivity index (χ1) is 7.18. The second-order valence-corrected chi connectivity index (χ2v) is 4.46. The fourth-order valence-electron chi connectivity index (χ4n) is 0.859. The van der Waals surface area contributed by atoms with Crippen molar-refractivity contribution in [2.75, 3.05) is 12.3 Å². The fourth-order valence-corrected chi connectivity index (χ4v) is 1.49. The lowest BCUT2D eigenvalue weighted by molar-refractivity contribution is -0.118. The van der Waals surface area contributed by atoms with E-state index < -0.39 is 0 Å². The van der Waals surface area contributed by atoms with E-state index in [1.165, 1.54) is 11.8 Å². The molecule has 0 saturated heterocycles. The van der Waals surface area contributed by atoms with Gasteiger partial charge in [0.2, 0.25) is 5.91 Å². The highest BCUT2D eigenvalue weighted by Crippen LogP contribution is 2.09. The van der Waals surface area contributed by atoms with E-state index in [4.69, 9.17) is 0 Å². The number of thioether (sulfide) groups is 1. The number of rotatable bonds is 5. The van der Waals surface area contributed by atoms with Crippen molar-refractivity contribution in [1.29, 1.82) is 0 Å². The summed E-state index contributed by atoms with van der Waals surface area (Å²) in [6, 6.07) is 1.75. The predicted octanol–water partition coefficient (Wildman–Crippen LogP) is 1.34. The molecule has 1 aromatic rings. The SMILES string of the molecule is CC(C)CNC(=O)CSc1ncccn1. The molecule has 4 nitrogen and oxygen atoms in total. The van der Waals surface area contributed by atoms with Crippen LogP contribution in [-0.4, -0.2) is 28.2 Å². The number of carbonyl (C=O) groups is 1. The van der Waals surface area contributed by atoms with Gasteiger partial charge in [0.05, 0.1) is 5.75 Å². The van der Waals surface area contributed by atoms with Crippen molar-refractivity contribution in [3.8, 4) is 0 Å². The van der Waals surface area contributed by atoms with Gasteiger partial charge in [-0.2, -0.15) is 0 Å². The molecule has 0 atom stereocenters. The van der Waals surface area contributed by atoms with Crippen molar-refractivity contribution in [3.05, 3.63) is 18.5 Å². The van der Waals surface area contributed by atoms with E-state index in [0.717, 1.165) is 6.54 Å². The van der Waals surface area contributed by atoms with Gasteiger partial charge in [-0.25, -0.2) is 9.97 Å². The van der Waals surface area contributed by atoms with Gasteiger partial charge in [0.25, 0.3) is 0 Å². The summed E-state index contributed by atoms with van der Waals surface area (Å²) >= 11 is 1.35. The van der Waals surface area contributed by atoms with E-state index in [2.05, 4.69) is 29.1 Å². The maximum absolute atomic E-state index is 11.3. The summed E-state index contributed by atoms with van der Waals surface area (Å²) in [5.74, 6) is 0.879. The van der Waals surface area contributed by atoms with Crippen molar-refractivity contribution in [2.45, 2.75) is 19.0 Å². The summed E-state index contributed by atoms with van der Waals surface area (Å²) < 4.78 is 0. The zero-order valence-corrected chi connectivity index (χ0v) is 9.75. The Morgan fingerprint density at radius 1 is 1.47 bits per heavy atom. The molecule has 15 heavy (non-hydrogen) atoms. The highest BCUT2D eigenvalue weighted by Gasteiger charge is 2.04. The summed E-state index contributed by atoms with van der Waals surface area (Å²) in [5.41, 5.74) is 0. The lowest BCUT2D eigenvalue weighted by atomic mass is 10.2. The minimum absolute atomic E-state index is 0.0288. The average molecular weight is 225 g/mol. The molecule has 0 saturated carbocycles. The molecule has 1 aromatic heterocycles. The molecule has 0 aromatic carbocycles. The second-order valence-electron chi connectivity index (χ2n) is 3.52. The minimum Gasteiger partial charge on any atom is -0.355 e. The number of nitrogens with one attached hydrogen (secondary N) is 1. The Labute approximate surface area is 93.9 Å². The highest BCUT2D eigenvalue weighted by molar-refractivity contribution is 7.99. The van der Waals surface area contributed by atoms with Crippen LogP contribution in [-0.2, 0) is 4.79 Å². The van der Waals surface area contributed by atoms with Crippen LogP contribution < -0.4 is 5.32 Å². The summed E-state index contributed by atoms with van der Waals surface area (Å²) in [6.45, 7) is 4.84. The first-order valence-electron chi connectivity index (χ1n) is 4.85. The van der Waals surface area contributed by atoms with Crippen molar-refractivity contribution < 1.29 is 4.79 Å². The van der Waals surface area contributed by atoms with Crippen LogP contribution in [0, 0.1) is 5.92 Å². The Kier molecular flexibility index (Phi) is 5.10. The molecule has 0 radical (unpaired) electrons. The maximum Gasteiger partial charge on any atom is 0.230 e. The molecule has 1 rings (SSSR count).